The number of benzene rings is 2. The second-order valence-corrected chi connectivity index (χ2v) is 7.88. The molecule has 33 heavy (non-hydrogen) atoms. The number of ether oxygens (including phenoxy) is 2. The molecule has 9 heteroatoms. The van der Waals surface area contributed by atoms with Gasteiger partial charge in [-0.1, -0.05) is 36.8 Å². The number of carbonyl (C=O) groups is 2. The second kappa shape index (κ2) is 11.8. The Morgan fingerprint density at radius 3 is 2.52 bits per heavy atom. The van der Waals surface area contributed by atoms with Crippen LogP contribution in [0.4, 0.5) is 5.69 Å². The van der Waals surface area contributed by atoms with Gasteiger partial charge in [-0.15, -0.1) is 0 Å². The Balaban J connectivity index is 2.20. The van der Waals surface area contributed by atoms with E-state index in [1.807, 2.05) is 45.0 Å². The summed E-state index contributed by atoms with van der Waals surface area (Å²) in [6, 6.07) is 11.0. The molecule has 0 aromatic heterocycles. The summed E-state index contributed by atoms with van der Waals surface area (Å²) in [6.07, 6.45) is 0.773. The molecule has 0 bridgehead atoms. The lowest BCUT2D eigenvalue weighted by molar-refractivity contribution is -0.385. The molecule has 1 N–H and O–H groups in total. The molecule has 0 aliphatic rings. The molecule has 0 radical (unpaired) electrons. The van der Waals surface area contributed by atoms with Crippen molar-refractivity contribution in [3.63, 3.8) is 0 Å². The van der Waals surface area contributed by atoms with E-state index in [1.54, 1.807) is 6.92 Å². The summed E-state index contributed by atoms with van der Waals surface area (Å²) in [5.41, 5.74) is 1.74. The fourth-order valence-electron chi connectivity index (χ4n) is 3.18. The molecule has 2 atom stereocenters. The van der Waals surface area contributed by atoms with Crippen LogP contribution >= 0.6 is 0 Å². The predicted octanol–water partition coefficient (Wildman–Crippen LogP) is 3.62. The van der Waals surface area contributed by atoms with Gasteiger partial charge in [0.1, 0.15) is 11.8 Å². The zero-order valence-corrected chi connectivity index (χ0v) is 19.7. The molecule has 2 aromatic carbocycles. The Hall–Kier alpha value is -3.62. The molecular formula is C24H31N3O6. The summed E-state index contributed by atoms with van der Waals surface area (Å²) in [6.45, 7) is 7.41. The Kier molecular flexibility index (Phi) is 9.20. The summed E-state index contributed by atoms with van der Waals surface area (Å²) in [5, 5.41) is 14.0. The molecule has 178 valence electrons. The second-order valence-electron chi connectivity index (χ2n) is 7.88. The molecule has 2 rings (SSSR count). The number of amides is 2. The van der Waals surface area contributed by atoms with Crippen LogP contribution in [0.5, 0.6) is 11.5 Å². The highest BCUT2D eigenvalue weighted by atomic mass is 16.6. The smallest absolute Gasteiger partial charge is 0.311 e. The lowest BCUT2D eigenvalue weighted by Crippen LogP contribution is -2.50. The summed E-state index contributed by atoms with van der Waals surface area (Å²) in [4.78, 5) is 37.8. The molecule has 0 unspecified atom stereocenters. The predicted molar refractivity (Wildman–Crippen MR) is 124 cm³/mol. The van der Waals surface area contributed by atoms with E-state index in [0.717, 1.165) is 17.5 Å². The average molecular weight is 458 g/mol. The van der Waals surface area contributed by atoms with Gasteiger partial charge in [-0.3, -0.25) is 19.7 Å². The maximum absolute atomic E-state index is 13.1. The van der Waals surface area contributed by atoms with Crippen molar-refractivity contribution in [2.45, 2.75) is 52.7 Å². The van der Waals surface area contributed by atoms with E-state index in [4.69, 9.17) is 9.47 Å². The third-order valence-electron chi connectivity index (χ3n) is 5.31. The molecule has 0 saturated heterocycles. The summed E-state index contributed by atoms with van der Waals surface area (Å²) >= 11 is 0. The Bertz CT molecular complexity index is 994. The molecule has 2 aromatic rings. The highest BCUT2D eigenvalue weighted by Gasteiger charge is 2.27. The minimum absolute atomic E-state index is 0.0142. The lowest BCUT2D eigenvalue weighted by Gasteiger charge is -2.29. The first-order valence-corrected chi connectivity index (χ1v) is 10.8. The third kappa shape index (κ3) is 7.20. The largest absolute Gasteiger partial charge is 0.490 e. The average Bonchev–Trinajstić information content (AvgIpc) is 2.80. The normalized spacial score (nSPS) is 12.4. The van der Waals surface area contributed by atoms with E-state index in [1.165, 1.54) is 30.2 Å². The van der Waals surface area contributed by atoms with Gasteiger partial charge in [0.05, 0.1) is 12.0 Å². The number of nitro groups is 1. The fourth-order valence-corrected chi connectivity index (χ4v) is 3.18. The van der Waals surface area contributed by atoms with Gasteiger partial charge in [0.2, 0.25) is 11.7 Å². The first-order valence-electron chi connectivity index (χ1n) is 10.8. The van der Waals surface area contributed by atoms with Gasteiger partial charge in [0.15, 0.2) is 6.61 Å². The van der Waals surface area contributed by atoms with Gasteiger partial charge in [0.25, 0.3) is 5.91 Å². The van der Waals surface area contributed by atoms with Crippen molar-refractivity contribution in [3.8, 4) is 11.5 Å². The van der Waals surface area contributed by atoms with Crippen LogP contribution in [-0.2, 0) is 16.1 Å². The highest BCUT2D eigenvalue weighted by Crippen LogP contribution is 2.30. The van der Waals surface area contributed by atoms with Crippen molar-refractivity contribution in [1.29, 1.82) is 0 Å². The number of aryl methyl sites for hydroxylation is 1. The van der Waals surface area contributed by atoms with Gasteiger partial charge in [-0.2, -0.15) is 0 Å². The number of carbonyl (C=O) groups excluding carboxylic acids is 2. The van der Waals surface area contributed by atoms with Crippen LogP contribution in [0.25, 0.3) is 0 Å². The SMILES string of the molecule is CC[C@@H](C)NC(=O)[C@H](C)N(Cc1cccc(C)c1)C(=O)COc1ccc([N+](=O)[O-])c(OC)c1. The van der Waals surface area contributed by atoms with Crippen LogP contribution in [-0.4, -0.2) is 47.4 Å². The van der Waals surface area contributed by atoms with Crippen LogP contribution in [0.2, 0.25) is 0 Å². The zero-order valence-electron chi connectivity index (χ0n) is 19.7. The van der Waals surface area contributed by atoms with Crippen LogP contribution in [0.3, 0.4) is 0 Å². The third-order valence-corrected chi connectivity index (χ3v) is 5.31. The zero-order chi connectivity index (χ0) is 24.5. The van der Waals surface area contributed by atoms with Crippen molar-refractivity contribution in [1.82, 2.24) is 10.2 Å². The molecule has 0 spiro atoms. The van der Waals surface area contributed by atoms with E-state index in [0.29, 0.717) is 0 Å². The molecule has 0 fully saturated rings. The summed E-state index contributed by atoms with van der Waals surface area (Å²) in [7, 11) is 1.32. The topological polar surface area (TPSA) is 111 Å². The molecular weight excluding hydrogens is 426 g/mol. The molecule has 2 amide bonds. The number of hydrogen-bond donors (Lipinski definition) is 1. The van der Waals surface area contributed by atoms with Crippen molar-refractivity contribution < 1.29 is 24.0 Å². The minimum atomic E-state index is -0.720. The Morgan fingerprint density at radius 1 is 1.18 bits per heavy atom. The number of methoxy groups -OCH3 is 1. The molecule has 9 nitrogen and oxygen atoms in total. The van der Waals surface area contributed by atoms with Gasteiger partial charge in [0, 0.05) is 24.7 Å². The van der Waals surface area contributed by atoms with Crippen molar-refractivity contribution in [3.05, 3.63) is 63.7 Å². The number of nitro benzene ring substituents is 1. The number of hydrogen-bond acceptors (Lipinski definition) is 6. The standard InChI is InChI=1S/C24H31N3O6/c1-6-17(3)25-24(29)18(4)26(14-19-9-7-8-16(2)12-19)23(28)15-33-20-10-11-21(27(30)31)22(13-20)32-5/h7-13,17-18H,6,14-15H2,1-5H3,(H,25,29)/t17-,18+/m1/s1. The van der Waals surface area contributed by atoms with Gasteiger partial charge < -0.3 is 19.7 Å². The summed E-state index contributed by atoms with van der Waals surface area (Å²) < 4.78 is 10.6. The quantitative estimate of drug-likeness (QED) is 0.408. The van der Waals surface area contributed by atoms with E-state index in [2.05, 4.69) is 5.32 Å². The van der Waals surface area contributed by atoms with Gasteiger partial charge >= 0.3 is 5.69 Å². The fraction of sp³-hybridized carbons (Fsp3) is 0.417. The van der Waals surface area contributed by atoms with E-state index >= 15 is 0 Å². The number of nitrogens with zero attached hydrogens (tertiary/aromatic N) is 2. The number of rotatable bonds is 11. The molecule has 0 saturated carbocycles. The van der Waals surface area contributed by atoms with Crippen molar-refractivity contribution >= 4 is 17.5 Å². The van der Waals surface area contributed by atoms with E-state index in [9.17, 15) is 19.7 Å². The van der Waals surface area contributed by atoms with E-state index < -0.39 is 11.0 Å². The molecule has 0 aliphatic heterocycles. The van der Waals surface area contributed by atoms with Gasteiger partial charge in [-0.05, 0) is 38.8 Å². The van der Waals surface area contributed by atoms with Gasteiger partial charge in [-0.25, -0.2) is 0 Å². The summed E-state index contributed by atoms with van der Waals surface area (Å²) in [5.74, 6) is -0.358. The van der Waals surface area contributed by atoms with Crippen LogP contribution in [0.1, 0.15) is 38.3 Å². The molecule has 0 heterocycles. The molecule has 0 aliphatic carbocycles. The minimum Gasteiger partial charge on any atom is -0.490 e. The van der Waals surface area contributed by atoms with Crippen LogP contribution in [0, 0.1) is 17.0 Å². The Labute approximate surface area is 193 Å². The van der Waals surface area contributed by atoms with E-state index in [-0.39, 0.29) is 48.2 Å². The first-order chi connectivity index (χ1) is 15.7. The van der Waals surface area contributed by atoms with Crippen molar-refractivity contribution in [2.75, 3.05) is 13.7 Å². The van der Waals surface area contributed by atoms with Crippen molar-refractivity contribution in [2.24, 2.45) is 0 Å². The van der Waals surface area contributed by atoms with Crippen LogP contribution in [0.15, 0.2) is 42.5 Å². The Morgan fingerprint density at radius 2 is 1.91 bits per heavy atom. The maximum Gasteiger partial charge on any atom is 0.311 e. The first kappa shape index (κ1) is 25.6. The number of nitrogens with one attached hydrogen (secondary N) is 1. The lowest BCUT2D eigenvalue weighted by atomic mass is 10.1. The highest BCUT2D eigenvalue weighted by molar-refractivity contribution is 5.88. The maximum atomic E-state index is 13.1. The monoisotopic (exact) mass is 457 g/mol. The van der Waals surface area contributed by atoms with Crippen LogP contribution < -0.4 is 14.8 Å².